The van der Waals surface area contributed by atoms with E-state index >= 15 is 0 Å². The summed E-state index contributed by atoms with van der Waals surface area (Å²) in [7, 11) is 1.50. The highest BCUT2D eigenvalue weighted by atomic mass is 19.1. The van der Waals surface area contributed by atoms with E-state index in [2.05, 4.69) is 10.2 Å². The Hall–Kier alpha value is -3.90. The third kappa shape index (κ3) is 8.12. The van der Waals surface area contributed by atoms with E-state index in [0.717, 1.165) is 12.8 Å². The average molecular weight is 482 g/mol. The number of piperidine rings is 1. The molecule has 1 aliphatic rings. The summed E-state index contributed by atoms with van der Waals surface area (Å²) in [4.78, 5) is 26.0. The number of carbonyl (C=O) groups is 2. The second kappa shape index (κ2) is 12.5. The minimum absolute atomic E-state index is 0.00804. The number of benzene rings is 2. The predicted molar refractivity (Wildman–Crippen MR) is 127 cm³/mol. The first-order chi connectivity index (χ1) is 16.9. The molecule has 8 nitrogen and oxygen atoms in total. The normalized spacial score (nSPS) is 15.3. The van der Waals surface area contributed by atoms with Crippen molar-refractivity contribution in [3.63, 3.8) is 0 Å². The van der Waals surface area contributed by atoms with Gasteiger partial charge in [0.2, 0.25) is 5.91 Å². The van der Waals surface area contributed by atoms with Gasteiger partial charge in [0.15, 0.2) is 0 Å². The van der Waals surface area contributed by atoms with Gasteiger partial charge < -0.3 is 24.8 Å². The van der Waals surface area contributed by atoms with Gasteiger partial charge in [-0.3, -0.25) is 9.59 Å². The number of carboxylic acids is 1. The van der Waals surface area contributed by atoms with Crippen molar-refractivity contribution >= 4 is 18.0 Å². The molecule has 1 atom stereocenters. The molecule has 1 amide bonds. The zero-order chi connectivity index (χ0) is 25.2. The number of halogens is 1. The number of hydrogen-bond acceptors (Lipinski definition) is 6. The van der Waals surface area contributed by atoms with Crippen LogP contribution in [0.1, 0.15) is 30.4 Å². The van der Waals surface area contributed by atoms with Gasteiger partial charge >= 0.3 is 5.97 Å². The van der Waals surface area contributed by atoms with Crippen molar-refractivity contribution in [3.8, 4) is 17.6 Å². The fraction of sp³-hybridized carbons (Fsp3) is 0.346. The van der Waals surface area contributed by atoms with E-state index in [-0.39, 0.29) is 18.3 Å². The highest BCUT2D eigenvalue weighted by Crippen LogP contribution is 2.22. The molecule has 2 N–H and O–H groups in total. The second-order valence-electron chi connectivity index (χ2n) is 8.28. The van der Waals surface area contributed by atoms with Gasteiger partial charge in [-0.1, -0.05) is 0 Å². The summed E-state index contributed by atoms with van der Waals surface area (Å²) in [6, 6.07) is 12.2. The SMILES string of the molecule is COc1ccc(C#N)cc1C=CC(=O)NC(CC(=O)O)CN1CCC(Oc2ccc(F)cc2)CC1. The van der Waals surface area contributed by atoms with Crippen LogP contribution in [0.25, 0.3) is 6.08 Å². The third-order valence-electron chi connectivity index (χ3n) is 5.67. The first-order valence-electron chi connectivity index (χ1n) is 11.3. The Kier molecular flexibility index (Phi) is 9.21. The van der Waals surface area contributed by atoms with E-state index < -0.39 is 17.9 Å². The second-order valence-corrected chi connectivity index (χ2v) is 8.28. The molecule has 2 aromatic rings. The Morgan fingerprint density at radius 1 is 1.26 bits per heavy atom. The lowest BCUT2D eigenvalue weighted by Gasteiger charge is -2.34. The summed E-state index contributed by atoms with van der Waals surface area (Å²) in [5, 5.41) is 21.2. The van der Waals surface area contributed by atoms with E-state index in [1.807, 2.05) is 6.07 Å². The number of likely N-dealkylation sites (tertiary alicyclic amines) is 1. The molecule has 0 saturated carbocycles. The van der Waals surface area contributed by atoms with Crippen molar-refractivity contribution in [3.05, 3.63) is 65.5 Å². The number of carboxylic acid groups (broad SMARTS) is 1. The number of aliphatic carboxylic acids is 1. The van der Waals surface area contributed by atoms with Crippen molar-refractivity contribution in [2.75, 3.05) is 26.7 Å². The molecular weight excluding hydrogens is 453 g/mol. The van der Waals surface area contributed by atoms with Gasteiger partial charge in [-0.25, -0.2) is 4.39 Å². The van der Waals surface area contributed by atoms with E-state index in [1.54, 1.807) is 30.3 Å². The van der Waals surface area contributed by atoms with E-state index in [9.17, 15) is 19.1 Å². The molecule has 0 radical (unpaired) electrons. The smallest absolute Gasteiger partial charge is 0.305 e. The monoisotopic (exact) mass is 481 g/mol. The van der Waals surface area contributed by atoms with E-state index in [4.69, 9.17) is 14.7 Å². The molecule has 2 aromatic carbocycles. The van der Waals surface area contributed by atoms with Gasteiger partial charge in [-0.15, -0.1) is 0 Å². The highest BCUT2D eigenvalue weighted by molar-refractivity contribution is 5.92. The minimum atomic E-state index is -1.00. The molecule has 3 rings (SSSR count). The maximum Gasteiger partial charge on any atom is 0.305 e. The molecule has 1 aliphatic heterocycles. The van der Waals surface area contributed by atoms with Crippen LogP contribution < -0.4 is 14.8 Å². The van der Waals surface area contributed by atoms with Crippen LogP contribution in [0.4, 0.5) is 4.39 Å². The summed E-state index contributed by atoms with van der Waals surface area (Å²) >= 11 is 0. The summed E-state index contributed by atoms with van der Waals surface area (Å²) in [6.45, 7) is 1.76. The summed E-state index contributed by atoms with van der Waals surface area (Å²) in [6.07, 6.45) is 4.09. The summed E-state index contributed by atoms with van der Waals surface area (Å²) in [5.41, 5.74) is 1.00. The number of carbonyl (C=O) groups excluding carboxylic acids is 1. The molecular formula is C26H28FN3O5. The van der Waals surface area contributed by atoms with Crippen LogP contribution in [0.2, 0.25) is 0 Å². The number of methoxy groups -OCH3 is 1. The van der Waals surface area contributed by atoms with Crippen molar-refractivity contribution in [2.45, 2.75) is 31.4 Å². The first-order valence-corrected chi connectivity index (χ1v) is 11.3. The summed E-state index contributed by atoms with van der Waals surface area (Å²) < 4.78 is 24.2. The van der Waals surface area contributed by atoms with Crippen molar-refractivity contribution in [1.82, 2.24) is 10.2 Å². The number of hydrogen-bond donors (Lipinski definition) is 2. The molecule has 0 aromatic heterocycles. The maximum atomic E-state index is 13.1. The topological polar surface area (TPSA) is 112 Å². The molecule has 9 heteroatoms. The van der Waals surface area contributed by atoms with Gasteiger partial charge in [0, 0.05) is 31.3 Å². The first kappa shape index (κ1) is 25.7. The number of rotatable bonds is 10. The van der Waals surface area contributed by atoms with Crippen molar-refractivity contribution in [2.24, 2.45) is 0 Å². The quantitative estimate of drug-likeness (QED) is 0.501. The zero-order valence-electron chi connectivity index (χ0n) is 19.4. The third-order valence-corrected chi connectivity index (χ3v) is 5.67. The molecule has 1 heterocycles. The highest BCUT2D eigenvalue weighted by Gasteiger charge is 2.24. The Balaban J connectivity index is 1.54. The zero-order valence-corrected chi connectivity index (χ0v) is 19.4. The fourth-order valence-corrected chi connectivity index (χ4v) is 3.95. The molecule has 35 heavy (non-hydrogen) atoms. The molecule has 1 saturated heterocycles. The predicted octanol–water partition coefficient (Wildman–Crippen LogP) is 3.22. The van der Waals surface area contributed by atoms with Crippen LogP contribution in [0, 0.1) is 17.1 Å². The number of ether oxygens (including phenoxy) is 2. The van der Waals surface area contributed by atoms with Gasteiger partial charge in [-0.05, 0) is 61.4 Å². The van der Waals surface area contributed by atoms with E-state index in [1.165, 1.54) is 31.4 Å². The molecule has 1 unspecified atom stereocenters. The molecule has 1 fully saturated rings. The molecule has 0 spiro atoms. The number of amides is 1. The van der Waals surface area contributed by atoms with Gasteiger partial charge in [0.25, 0.3) is 0 Å². The van der Waals surface area contributed by atoms with Gasteiger partial charge in [0.1, 0.15) is 23.4 Å². The lowest BCUT2D eigenvalue weighted by molar-refractivity contribution is -0.137. The summed E-state index contributed by atoms with van der Waals surface area (Å²) in [5.74, 6) is -0.624. The largest absolute Gasteiger partial charge is 0.496 e. The average Bonchev–Trinajstić information content (AvgIpc) is 2.84. The van der Waals surface area contributed by atoms with Crippen LogP contribution in [-0.4, -0.2) is 60.8 Å². The van der Waals surface area contributed by atoms with Crippen LogP contribution >= 0.6 is 0 Å². The van der Waals surface area contributed by atoms with Crippen LogP contribution in [-0.2, 0) is 9.59 Å². The fourth-order valence-electron chi connectivity index (χ4n) is 3.95. The Bertz CT molecular complexity index is 1090. The Morgan fingerprint density at radius 2 is 1.97 bits per heavy atom. The standard InChI is InChI=1S/C26H28FN3O5/c1-34-24-8-2-18(16-28)14-19(24)3-9-25(31)29-21(15-26(32)33)17-30-12-10-23(11-13-30)35-22-6-4-20(27)5-7-22/h2-9,14,21,23H,10-13,15,17H2,1H3,(H,29,31)(H,32,33). The van der Waals surface area contributed by atoms with E-state index in [0.29, 0.717) is 42.3 Å². The molecule has 0 aliphatic carbocycles. The number of nitriles is 1. The number of nitrogens with zero attached hydrogens (tertiary/aromatic N) is 2. The lowest BCUT2D eigenvalue weighted by atomic mass is 10.1. The van der Waals surface area contributed by atoms with Crippen molar-refractivity contribution < 1.29 is 28.6 Å². The van der Waals surface area contributed by atoms with Gasteiger partial charge in [-0.2, -0.15) is 5.26 Å². The Morgan fingerprint density at radius 3 is 2.60 bits per heavy atom. The maximum absolute atomic E-state index is 13.1. The lowest BCUT2D eigenvalue weighted by Crippen LogP contribution is -2.48. The van der Waals surface area contributed by atoms with Crippen molar-refractivity contribution in [1.29, 1.82) is 5.26 Å². The molecule has 184 valence electrons. The number of nitrogens with one attached hydrogen (secondary N) is 1. The minimum Gasteiger partial charge on any atom is -0.496 e. The molecule has 0 bridgehead atoms. The van der Waals surface area contributed by atoms with Crippen LogP contribution in [0.3, 0.4) is 0 Å². The van der Waals surface area contributed by atoms with Gasteiger partial charge in [0.05, 0.1) is 31.2 Å². The van der Waals surface area contributed by atoms with Crippen LogP contribution in [0.15, 0.2) is 48.5 Å². The Labute approximate surface area is 203 Å². The van der Waals surface area contributed by atoms with Crippen LogP contribution in [0.5, 0.6) is 11.5 Å².